The minimum Gasteiger partial charge on any atom is -0.377 e. The fraction of sp³-hybridized carbons (Fsp3) is 0.292. The normalized spacial score (nSPS) is 17.5. The summed E-state index contributed by atoms with van der Waals surface area (Å²) < 4.78 is 2.00. The molecule has 31 heavy (non-hydrogen) atoms. The van der Waals surface area contributed by atoms with Crippen molar-refractivity contribution in [2.45, 2.75) is 44.2 Å². The third-order valence-corrected chi connectivity index (χ3v) is 6.33. The molecular weight excluding hydrogens is 408 g/mol. The molecular formula is C24H23ClN6. The van der Waals surface area contributed by atoms with E-state index in [9.17, 15) is 5.26 Å². The summed E-state index contributed by atoms with van der Waals surface area (Å²) in [5.74, 6) is 0. The van der Waals surface area contributed by atoms with E-state index in [0.717, 1.165) is 41.9 Å². The van der Waals surface area contributed by atoms with Crippen molar-refractivity contribution in [3.05, 3.63) is 70.0 Å². The number of hydrogen-bond acceptors (Lipinski definition) is 5. The van der Waals surface area contributed by atoms with Crippen molar-refractivity contribution in [3.8, 4) is 6.07 Å². The molecule has 156 valence electrons. The van der Waals surface area contributed by atoms with E-state index < -0.39 is 0 Å². The van der Waals surface area contributed by atoms with E-state index in [1.54, 1.807) is 0 Å². The number of nitrogens with zero attached hydrogens (tertiary/aromatic N) is 3. The van der Waals surface area contributed by atoms with Crippen LogP contribution in [0.3, 0.4) is 0 Å². The van der Waals surface area contributed by atoms with E-state index in [4.69, 9.17) is 17.0 Å². The number of aryl methyl sites for hydroxylation is 1. The van der Waals surface area contributed by atoms with Crippen molar-refractivity contribution in [1.82, 2.24) is 9.78 Å². The molecule has 3 aromatic rings. The van der Waals surface area contributed by atoms with E-state index in [1.165, 1.54) is 30.2 Å². The van der Waals surface area contributed by atoms with Crippen LogP contribution < -0.4 is 10.6 Å². The number of hydrogen-bond donors (Lipinski definition) is 3. The maximum Gasteiger partial charge on any atom is 0.0991 e. The van der Waals surface area contributed by atoms with Crippen LogP contribution in [-0.4, -0.2) is 16.0 Å². The zero-order chi connectivity index (χ0) is 21.4. The Labute approximate surface area is 186 Å². The number of halogens is 1. The first-order valence-electron chi connectivity index (χ1n) is 10.6. The minimum absolute atomic E-state index is 0.130. The lowest BCUT2D eigenvalue weighted by Gasteiger charge is -2.28. The predicted octanol–water partition coefficient (Wildman–Crippen LogP) is 5.97. The zero-order valence-corrected chi connectivity index (χ0v) is 17.8. The fourth-order valence-corrected chi connectivity index (χ4v) is 4.47. The van der Waals surface area contributed by atoms with Crippen LogP contribution in [-0.2, 0) is 6.42 Å². The highest BCUT2D eigenvalue weighted by molar-refractivity contribution is 6.33. The molecule has 1 unspecified atom stereocenters. The van der Waals surface area contributed by atoms with E-state index in [1.807, 2.05) is 41.3 Å². The average molecular weight is 431 g/mol. The molecule has 2 aliphatic rings. The first-order chi connectivity index (χ1) is 15.1. The third kappa shape index (κ3) is 4.01. The van der Waals surface area contributed by atoms with Gasteiger partial charge in [0.1, 0.15) is 0 Å². The first kappa shape index (κ1) is 19.7. The first-order valence-corrected chi connectivity index (χ1v) is 11.0. The van der Waals surface area contributed by atoms with Crippen LogP contribution in [0.2, 0.25) is 5.02 Å². The number of benzene rings is 2. The Hall–Kier alpha value is -3.30. The molecule has 0 saturated heterocycles. The fourth-order valence-electron chi connectivity index (χ4n) is 4.25. The van der Waals surface area contributed by atoms with Gasteiger partial charge in [0.25, 0.3) is 0 Å². The number of nitriles is 1. The molecule has 7 heteroatoms. The Morgan fingerprint density at radius 1 is 1.19 bits per heavy atom. The van der Waals surface area contributed by atoms with Gasteiger partial charge in [-0.2, -0.15) is 10.4 Å². The highest BCUT2D eigenvalue weighted by Gasteiger charge is 2.24. The monoisotopic (exact) mass is 430 g/mol. The van der Waals surface area contributed by atoms with Gasteiger partial charge in [-0.05, 0) is 67.5 Å². The van der Waals surface area contributed by atoms with E-state index in [0.29, 0.717) is 16.6 Å². The molecule has 1 aromatic heterocycles. The second kappa shape index (κ2) is 8.09. The molecule has 0 bridgehead atoms. The van der Waals surface area contributed by atoms with E-state index in [2.05, 4.69) is 27.9 Å². The summed E-state index contributed by atoms with van der Waals surface area (Å²) in [7, 11) is 0. The van der Waals surface area contributed by atoms with Crippen LogP contribution in [0.1, 0.15) is 60.0 Å². The number of rotatable bonds is 6. The molecule has 3 N–H and O–H groups in total. The molecule has 0 radical (unpaired) electrons. The number of nitrogens with one attached hydrogen (secondary N) is 3. The van der Waals surface area contributed by atoms with Gasteiger partial charge in [-0.3, -0.25) is 4.68 Å². The van der Waals surface area contributed by atoms with Crippen molar-refractivity contribution in [2.24, 2.45) is 0 Å². The molecule has 1 heterocycles. The SMILES string of the molecule is N#Cc1ccc2c(c1)CCCC2Nc1cc(Nc2cnn(C3CC3)c2)c(C=N)cc1Cl. The van der Waals surface area contributed by atoms with Crippen molar-refractivity contribution in [2.75, 3.05) is 10.6 Å². The summed E-state index contributed by atoms with van der Waals surface area (Å²) in [5, 5.41) is 29.0. The van der Waals surface area contributed by atoms with Gasteiger partial charge in [0.2, 0.25) is 0 Å². The smallest absolute Gasteiger partial charge is 0.0991 e. The Bertz CT molecular complexity index is 1190. The lowest BCUT2D eigenvalue weighted by atomic mass is 9.86. The van der Waals surface area contributed by atoms with Crippen LogP contribution >= 0.6 is 11.6 Å². The summed E-state index contributed by atoms with van der Waals surface area (Å²) in [6.07, 6.45) is 10.5. The van der Waals surface area contributed by atoms with Crippen molar-refractivity contribution in [3.63, 3.8) is 0 Å². The largest absolute Gasteiger partial charge is 0.377 e. The Kier molecular flexibility index (Phi) is 5.13. The van der Waals surface area contributed by atoms with Crippen LogP contribution in [0, 0.1) is 16.7 Å². The maximum atomic E-state index is 9.20. The zero-order valence-electron chi connectivity index (χ0n) is 17.0. The lowest BCUT2D eigenvalue weighted by molar-refractivity contribution is 0.600. The second-order valence-corrected chi connectivity index (χ2v) is 8.65. The minimum atomic E-state index is 0.130. The summed E-state index contributed by atoms with van der Waals surface area (Å²) >= 11 is 6.58. The molecule has 6 nitrogen and oxygen atoms in total. The van der Waals surface area contributed by atoms with Gasteiger partial charge in [-0.1, -0.05) is 17.7 Å². The van der Waals surface area contributed by atoms with Gasteiger partial charge in [0.15, 0.2) is 0 Å². The quantitative estimate of drug-likeness (QED) is 0.420. The number of anilines is 3. The Morgan fingerprint density at radius 2 is 2.06 bits per heavy atom. The van der Waals surface area contributed by atoms with Gasteiger partial charge in [-0.25, -0.2) is 0 Å². The van der Waals surface area contributed by atoms with Crippen LogP contribution in [0.25, 0.3) is 0 Å². The topological polar surface area (TPSA) is 89.5 Å². The van der Waals surface area contributed by atoms with Crippen LogP contribution in [0.4, 0.5) is 17.1 Å². The summed E-state index contributed by atoms with van der Waals surface area (Å²) in [5.41, 5.74) is 6.40. The van der Waals surface area contributed by atoms with Gasteiger partial charge in [0.05, 0.1) is 46.3 Å². The van der Waals surface area contributed by atoms with Gasteiger partial charge < -0.3 is 16.0 Å². The van der Waals surface area contributed by atoms with E-state index >= 15 is 0 Å². The lowest BCUT2D eigenvalue weighted by Crippen LogP contribution is -2.18. The summed E-state index contributed by atoms with van der Waals surface area (Å²) in [4.78, 5) is 0. The van der Waals surface area contributed by atoms with E-state index in [-0.39, 0.29) is 6.04 Å². The standard InChI is InChI=1S/C24H23ClN6/c25-21-9-17(12-27)23(29-18-13-28-31(14-18)19-5-6-19)10-24(21)30-22-3-1-2-16-8-15(11-26)4-7-20(16)22/h4,7-10,12-14,19,22,27,29-30H,1-3,5-6H2. The van der Waals surface area contributed by atoms with Crippen molar-refractivity contribution >= 4 is 34.9 Å². The predicted molar refractivity (Wildman–Crippen MR) is 124 cm³/mol. The Balaban J connectivity index is 1.42. The molecule has 1 atom stereocenters. The van der Waals surface area contributed by atoms with Gasteiger partial charge in [-0.15, -0.1) is 0 Å². The van der Waals surface area contributed by atoms with Gasteiger partial charge >= 0.3 is 0 Å². The molecule has 2 aliphatic carbocycles. The maximum absolute atomic E-state index is 9.20. The average Bonchev–Trinajstić information content (AvgIpc) is 3.54. The van der Waals surface area contributed by atoms with Crippen LogP contribution in [0.15, 0.2) is 42.7 Å². The second-order valence-electron chi connectivity index (χ2n) is 8.24. The van der Waals surface area contributed by atoms with Crippen LogP contribution in [0.5, 0.6) is 0 Å². The molecule has 0 amide bonds. The highest BCUT2D eigenvalue weighted by Crippen LogP contribution is 2.38. The Morgan fingerprint density at radius 3 is 2.84 bits per heavy atom. The molecule has 5 rings (SSSR count). The third-order valence-electron chi connectivity index (χ3n) is 6.01. The molecule has 1 fully saturated rings. The summed E-state index contributed by atoms with van der Waals surface area (Å²) in [6.45, 7) is 0. The summed E-state index contributed by atoms with van der Waals surface area (Å²) in [6, 6.07) is 12.6. The number of fused-ring (bicyclic) bond motifs is 1. The van der Waals surface area contributed by atoms with Crippen molar-refractivity contribution < 1.29 is 0 Å². The molecule has 0 aliphatic heterocycles. The molecule has 1 saturated carbocycles. The van der Waals surface area contributed by atoms with Gasteiger partial charge in [0, 0.05) is 23.7 Å². The number of aromatic nitrogens is 2. The highest BCUT2D eigenvalue weighted by atomic mass is 35.5. The van der Waals surface area contributed by atoms with Crippen molar-refractivity contribution in [1.29, 1.82) is 10.7 Å². The molecule has 2 aromatic carbocycles. The molecule has 0 spiro atoms.